The van der Waals surface area contributed by atoms with E-state index in [-0.39, 0.29) is 0 Å². The molecule has 0 radical (unpaired) electrons. The number of nitrogens with zero attached hydrogens (tertiary/aromatic N) is 1. The zero-order valence-corrected chi connectivity index (χ0v) is 8.69. The number of amides is 3. The first-order chi connectivity index (χ1) is 7.01. The molecule has 0 aromatic carbocycles. The third-order valence-electron chi connectivity index (χ3n) is 1.66. The van der Waals surface area contributed by atoms with Gasteiger partial charge >= 0.3 is 12.0 Å². The number of carbonyl (C=O) groups is 3. The summed E-state index contributed by atoms with van der Waals surface area (Å²) in [5.74, 6) is -1.98. The number of imide groups is 1. The highest BCUT2D eigenvalue weighted by molar-refractivity contribution is 6.02. The van der Waals surface area contributed by atoms with Crippen LogP contribution in [0.5, 0.6) is 0 Å². The van der Waals surface area contributed by atoms with Crippen LogP contribution < -0.4 is 5.32 Å². The number of nitrogens with one attached hydrogen (secondary N) is 1. The minimum atomic E-state index is -1.24. The van der Waals surface area contributed by atoms with Crippen LogP contribution in [-0.4, -0.2) is 41.0 Å². The van der Waals surface area contributed by atoms with Crippen LogP contribution in [0.15, 0.2) is 12.2 Å². The second-order valence-corrected chi connectivity index (χ2v) is 2.64. The highest BCUT2D eigenvalue weighted by Crippen LogP contribution is 1.88. The van der Waals surface area contributed by atoms with E-state index in [2.05, 4.69) is 0 Å². The molecule has 3 amide bonds. The highest BCUT2D eigenvalue weighted by Gasteiger charge is 2.10. The van der Waals surface area contributed by atoms with Crippen molar-refractivity contribution < 1.29 is 19.5 Å². The molecule has 0 unspecified atom stereocenters. The van der Waals surface area contributed by atoms with E-state index in [4.69, 9.17) is 5.11 Å². The molecule has 0 aliphatic carbocycles. The Labute approximate surface area is 87.6 Å². The summed E-state index contributed by atoms with van der Waals surface area (Å²) in [6.45, 7) is 4.53. The van der Waals surface area contributed by atoms with Gasteiger partial charge in [-0.2, -0.15) is 0 Å². The highest BCUT2D eigenvalue weighted by atomic mass is 16.4. The second kappa shape index (κ2) is 6.58. The second-order valence-electron chi connectivity index (χ2n) is 2.64. The molecular weight excluding hydrogens is 200 g/mol. The largest absolute Gasteiger partial charge is 0.478 e. The van der Waals surface area contributed by atoms with Crippen LogP contribution in [0.1, 0.15) is 13.8 Å². The number of carbonyl (C=O) groups excluding carboxylic acids is 2. The molecule has 0 aliphatic heterocycles. The van der Waals surface area contributed by atoms with Gasteiger partial charge in [0.1, 0.15) is 0 Å². The fraction of sp³-hybridized carbons (Fsp3) is 0.444. The molecule has 0 bridgehead atoms. The van der Waals surface area contributed by atoms with Gasteiger partial charge in [0, 0.05) is 25.2 Å². The van der Waals surface area contributed by atoms with Gasteiger partial charge in [-0.15, -0.1) is 0 Å². The van der Waals surface area contributed by atoms with Crippen LogP contribution in [0.2, 0.25) is 0 Å². The Morgan fingerprint density at radius 1 is 1.20 bits per heavy atom. The van der Waals surface area contributed by atoms with E-state index in [9.17, 15) is 14.4 Å². The van der Waals surface area contributed by atoms with Crippen molar-refractivity contribution in [3.8, 4) is 0 Å². The Morgan fingerprint density at radius 3 is 2.13 bits per heavy atom. The number of carboxylic acid groups (broad SMARTS) is 1. The van der Waals surface area contributed by atoms with E-state index in [0.29, 0.717) is 19.2 Å². The Balaban J connectivity index is 4.17. The number of carboxylic acids is 1. The Morgan fingerprint density at radius 2 is 1.73 bits per heavy atom. The van der Waals surface area contributed by atoms with Crippen molar-refractivity contribution >= 4 is 17.9 Å². The van der Waals surface area contributed by atoms with Crippen molar-refractivity contribution in [2.75, 3.05) is 13.1 Å². The van der Waals surface area contributed by atoms with Crippen LogP contribution in [-0.2, 0) is 9.59 Å². The molecule has 0 fully saturated rings. The minimum absolute atomic E-state index is 0.484. The van der Waals surface area contributed by atoms with Crippen molar-refractivity contribution in [2.24, 2.45) is 0 Å². The van der Waals surface area contributed by atoms with Crippen molar-refractivity contribution in [1.82, 2.24) is 10.2 Å². The number of hydrogen-bond acceptors (Lipinski definition) is 3. The van der Waals surface area contributed by atoms with E-state index in [1.54, 1.807) is 13.8 Å². The molecule has 0 rings (SSSR count). The fourth-order valence-electron chi connectivity index (χ4n) is 0.884. The molecule has 0 saturated carbocycles. The standard InChI is InChI=1S/C9H14N2O4/c1-3-11(4-2)9(15)10-7(12)5-6-8(13)14/h5-6H,3-4H2,1-2H3,(H,13,14)(H,10,12,15)/b6-5-. The first-order valence-electron chi connectivity index (χ1n) is 4.52. The fourth-order valence-corrected chi connectivity index (χ4v) is 0.884. The summed E-state index contributed by atoms with van der Waals surface area (Å²) in [5, 5.41) is 10.3. The summed E-state index contributed by atoms with van der Waals surface area (Å²) < 4.78 is 0. The Bertz CT molecular complexity index is 282. The lowest BCUT2D eigenvalue weighted by Crippen LogP contribution is -2.42. The van der Waals surface area contributed by atoms with Crippen LogP contribution >= 0.6 is 0 Å². The third kappa shape index (κ3) is 5.45. The van der Waals surface area contributed by atoms with Crippen LogP contribution in [0, 0.1) is 0 Å². The Hall–Kier alpha value is -1.85. The lowest BCUT2D eigenvalue weighted by atomic mass is 10.4. The van der Waals surface area contributed by atoms with Gasteiger partial charge in [-0.1, -0.05) is 0 Å². The van der Waals surface area contributed by atoms with Crippen molar-refractivity contribution in [1.29, 1.82) is 0 Å². The predicted molar refractivity (Wildman–Crippen MR) is 53.2 cm³/mol. The first-order valence-corrected chi connectivity index (χ1v) is 4.52. The summed E-state index contributed by atoms with van der Waals surface area (Å²) >= 11 is 0. The predicted octanol–water partition coefficient (Wildman–Crippen LogP) is 0.205. The lowest BCUT2D eigenvalue weighted by molar-refractivity contribution is -0.131. The maximum absolute atomic E-state index is 11.3. The average Bonchev–Trinajstić information content (AvgIpc) is 2.16. The van der Waals surface area contributed by atoms with Gasteiger partial charge in [0.25, 0.3) is 5.91 Å². The SMILES string of the molecule is CCN(CC)C(=O)NC(=O)/C=C\C(=O)O. The Kier molecular flexibility index (Phi) is 5.77. The van der Waals surface area contributed by atoms with Gasteiger partial charge < -0.3 is 10.0 Å². The van der Waals surface area contributed by atoms with E-state index < -0.39 is 17.9 Å². The lowest BCUT2D eigenvalue weighted by Gasteiger charge is -2.17. The summed E-state index contributed by atoms with van der Waals surface area (Å²) in [6, 6.07) is -0.528. The smallest absolute Gasteiger partial charge is 0.328 e. The van der Waals surface area contributed by atoms with Crippen molar-refractivity contribution in [3.63, 3.8) is 0 Å². The monoisotopic (exact) mass is 214 g/mol. The molecule has 84 valence electrons. The molecule has 0 aliphatic rings. The molecule has 0 atom stereocenters. The van der Waals surface area contributed by atoms with Gasteiger partial charge in [-0.25, -0.2) is 9.59 Å². The summed E-state index contributed by atoms with van der Waals surface area (Å²) in [5.41, 5.74) is 0. The van der Waals surface area contributed by atoms with E-state index in [1.165, 1.54) is 4.90 Å². The van der Waals surface area contributed by atoms with E-state index >= 15 is 0 Å². The zero-order valence-electron chi connectivity index (χ0n) is 8.69. The molecule has 0 heterocycles. The normalized spacial score (nSPS) is 10.0. The number of urea groups is 1. The van der Waals surface area contributed by atoms with Gasteiger partial charge in [0.05, 0.1) is 0 Å². The summed E-state index contributed by atoms with van der Waals surface area (Å²) in [6.07, 6.45) is 1.47. The number of aliphatic carboxylic acids is 1. The molecule has 0 saturated heterocycles. The first kappa shape index (κ1) is 13.2. The quantitative estimate of drug-likeness (QED) is 0.655. The topological polar surface area (TPSA) is 86.7 Å². The average molecular weight is 214 g/mol. The molecule has 6 nitrogen and oxygen atoms in total. The van der Waals surface area contributed by atoms with Crippen LogP contribution in [0.25, 0.3) is 0 Å². The maximum atomic E-state index is 11.3. The molecule has 0 spiro atoms. The van der Waals surface area contributed by atoms with Crippen molar-refractivity contribution in [3.05, 3.63) is 12.2 Å². The van der Waals surface area contributed by atoms with Gasteiger partial charge in [-0.3, -0.25) is 10.1 Å². The molecule has 2 N–H and O–H groups in total. The van der Waals surface area contributed by atoms with Crippen LogP contribution in [0.4, 0.5) is 4.79 Å². The van der Waals surface area contributed by atoms with E-state index in [1.807, 2.05) is 5.32 Å². The van der Waals surface area contributed by atoms with Gasteiger partial charge in [0.15, 0.2) is 0 Å². The molecule has 0 aromatic heterocycles. The number of hydrogen-bond donors (Lipinski definition) is 2. The molecule has 0 aromatic rings. The van der Waals surface area contributed by atoms with E-state index in [0.717, 1.165) is 6.08 Å². The maximum Gasteiger partial charge on any atom is 0.328 e. The summed E-state index contributed by atoms with van der Waals surface area (Å²) in [4.78, 5) is 33.7. The zero-order chi connectivity index (χ0) is 11.8. The molecular formula is C9H14N2O4. The minimum Gasteiger partial charge on any atom is -0.478 e. The molecule has 6 heteroatoms. The van der Waals surface area contributed by atoms with Gasteiger partial charge in [-0.05, 0) is 13.8 Å². The molecule has 15 heavy (non-hydrogen) atoms. The summed E-state index contributed by atoms with van der Waals surface area (Å²) in [7, 11) is 0. The van der Waals surface area contributed by atoms with Gasteiger partial charge in [0.2, 0.25) is 0 Å². The number of rotatable bonds is 4. The van der Waals surface area contributed by atoms with Crippen LogP contribution in [0.3, 0.4) is 0 Å². The van der Waals surface area contributed by atoms with Crippen molar-refractivity contribution in [2.45, 2.75) is 13.8 Å². The third-order valence-corrected chi connectivity index (χ3v) is 1.66.